The third kappa shape index (κ3) is 5.22. The maximum atomic E-state index is 12.4. The fraction of sp³-hybridized carbons (Fsp3) is 0.348. The Balaban J connectivity index is 1.55. The molecule has 6 heteroatoms. The van der Waals surface area contributed by atoms with Crippen LogP contribution in [0.2, 0.25) is 0 Å². The Morgan fingerprint density at radius 2 is 1.52 bits per heavy atom. The van der Waals surface area contributed by atoms with Crippen molar-refractivity contribution < 1.29 is 19.1 Å². The highest BCUT2D eigenvalue weighted by molar-refractivity contribution is 6.00. The van der Waals surface area contributed by atoms with E-state index in [4.69, 9.17) is 4.74 Å². The lowest BCUT2D eigenvalue weighted by molar-refractivity contribution is -0.151. The predicted molar refractivity (Wildman–Crippen MR) is 112 cm³/mol. The van der Waals surface area contributed by atoms with Crippen LogP contribution in [-0.4, -0.2) is 30.9 Å². The molecule has 152 valence electrons. The van der Waals surface area contributed by atoms with Gasteiger partial charge >= 0.3 is 5.97 Å². The number of carbonyl (C=O) groups is 3. The molecular formula is C23H26N2O4. The van der Waals surface area contributed by atoms with E-state index in [2.05, 4.69) is 5.32 Å². The Kier molecular flexibility index (Phi) is 6.01. The highest BCUT2D eigenvalue weighted by Crippen LogP contribution is 2.27. The molecule has 1 N–H and O–H groups in total. The van der Waals surface area contributed by atoms with E-state index in [1.807, 2.05) is 64.1 Å². The van der Waals surface area contributed by atoms with Gasteiger partial charge in [0.05, 0.1) is 5.92 Å². The van der Waals surface area contributed by atoms with Gasteiger partial charge in [-0.3, -0.25) is 14.4 Å². The minimum absolute atomic E-state index is 0.0878. The van der Waals surface area contributed by atoms with Crippen molar-refractivity contribution in [3.05, 3.63) is 58.7 Å². The number of hydrogen-bond acceptors (Lipinski definition) is 4. The standard InChI is InChI=1S/C23H26N2O4/c1-14-5-15(2)8-19(7-14)24-21(26)13-29-23(28)18-11-22(27)25(12-18)20-9-16(3)6-17(4)10-20/h5-10,18H,11-13H2,1-4H3,(H,24,26)/t18-/m1/s1. The van der Waals surface area contributed by atoms with Crippen molar-refractivity contribution in [3.8, 4) is 0 Å². The first-order valence-corrected chi connectivity index (χ1v) is 9.64. The highest BCUT2D eigenvalue weighted by Gasteiger charge is 2.36. The number of amides is 2. The molecule has 1 fully saturated rings. The van der Waals surface area contributed by atoms with Gasteiger partial charge in [-0.1, -0.05) is 12.1 Å². The lowest BCUT2D eigenvalue weighted by Crippen LogP contribution is -2.28. The summed E-state index contributed by atoms with van der Waals surface area (Å²) in [5, 5.41) is 2.73. The first kappa shape index (κ1) is 20.6. The highest BCUT2D eigenvalue weighted by atomic mass is 16.5. The van der Waals surface area contributed by atoms with E-state index < -0.39 is 17.8 Å². The van der Waals surface area contributed by atoms with Crippen LogP contribution in [0.4, 0.5) is 11.4 Å². The summed E-state index contributed by atoms with van der Waals surface area (Å²) in [7, 11) is 0. The van der Waals surface area contributed by atoms with Gasteiger partial charge in [0.25, 0.3) is 5.91 Å². The van der Waals surface area contributed by atoms with Crippen molar-refractivity contribution in [3.63, 3.8) is 0 Å². The summed E-state index contributed by atoms with van der Waals surface area (Å²) in [6.45, 7) is 7.72. The molecule has 0 aliphatic carbocycles. The number of anilines is 2. The van der Waals surface area contributed by atoms with Crippen molar-refractivity contribution in [2.75, 3.05) is 23.4 Å². The van der Waals surface area contributed by atoms with Crippen LogP contribution in [-0.2, 0) is 19.1 Å². The number of aryl methyl sites for hydroxylation is 4. The van der Waals surface area contributed by atoms with Gasteiger partial charge in [-0.05, 0) is 74.2 Å². The summed E-state index contributed by atoms with van der Waals surface area (Å²) in [5.74, 6) is -1.62. The summed E-state index contributed by atoms with van der Waals surface area (Å²) in [4.78, 5) is 38.5. The van der Waals surface area contributed by atoms with Gasteiger partial charge in [-0.2, -0.15) is 0 Å². The third-order valence-corrected chi connectivity index (χ3v) is 4.83. The fourth-order valence-corrected chi connectivity index (χ4v) is 3.72. The summed E-state index contributed by atoms with van der Waals surface area (Å²) >= 11 is 0. The van der Waals surface area contributed by atoms with E-state index in [1.165, 1.54) is 0 Å². The molecule has 1 heterocycles. The van der Waals surface area contributed by atoms with E-state index in [1.54, 1.807) is 4.90 Å². The van der Waals surface area contributed by atoms with Crippen LogP contribution in [0.25, 0.3) is 0 Å². The van der Waals surface area contributed by atoms with Crippen LogP contribution in [0.15, 0.2) is 36.4 Å². The smallest absolute Gasteiger partial charge is 0.311 e. The van der Waals surface area contributed by atoms with Crippen molar-refractivity contribution in [1.82, 2.24) is 0 Å². The number of nitrogens with zero attached hydrogens (tertiary/aromatic N) is 1. The molecule has 29 heavy (non-hydrogen) atoms. The van der Waals surface area contributed by atoms with E-state index in [9.17, 15) is 14.4 Å². The average molecular weight is 394 g/mol. The van der Waals surface area contributed by atoms with E-state index in [-0.39, 0.29) is 25.5 Å². The largest absolute Gasteiger partial charge is 0.455 e. The van der Waals surface area contributed by atoms with Gasteiger partial charge in [0.1, 0.15) is 0 Å². The van der Waals surface area contributed by atoms with Crippen molar-refractivity contribution in [2.45, 2.75) is 34.1 Å². The summed E-state index contributed by atoms with van der Waals surface area (Å²) in [5.41, 5.74) is 5.64. The van der Waals surface area contributed by atoms with Gasteiger partial charge in [0, 0.05) is 24.3 Å². The number of carbonyl (C=O) groups excluding carboxylic acids is 3. The first-order chi connectivity index (χ1) is 13.7. The predicted octanol–water partition coefficient (Wildman–Crippen LogP) is 3.46. The summed E-state index contributed by atoms with van der Waals surface area (Å²) in [6.07, 6.45) is 0.0878. The van der Waals surface area contributed by atoms with Gasteiger partial charge in [-0.25, -0.2) is 0 Å². The number of rotatable bonds is 5. The second-order valence-electron chi connectivity index (χ2n) is 7.78. The van der Waals surface area contributed by atoms with E-state index in [0.717, 1.165) is 27.9 Å². The number of hydrogen-bond donors (Lipinski definition) is 1. The molecule has 0 unspecified atom stereocenters. The molecule has 1 aliphatic rings. The van der Waals surface area contributed by atoms with Gasteiger partial charge in [0.15, 0.2) is 6.61 Å². The van der Waals surface area contributed by atoms with E-state index >= 15 is 0 Å². The Morgan fingerprint density at radius 3 is 2.10 bits per heavy atom. The molecule has 1 atom stereocenters. The van der Waals surface area contributed by atoms with Crippen LogP contribution >= 0.6 is 0 Å². The zero-order chi connectivity index (χ0) is 21.1. The number of esters is 1. The van der Waals surface area contributed by atoms with Crippen molar-refractivity contribution in [1.29, 1.82) is 0 Å². The molecule has 0 bridgehead atoms. The van der Waals surface area contributed by atoms with Crippen LogP contribution in [0.5, 0.6) is 0 Å². The zero-order valence-electron chi connectivity index (χ0n) is 17.2. The minimum Gasteiger partial charge on any atom is -0.455 e. The Morgan fingerprint density at radius 1 is 0.966 bits per heavy atom. The quantitative estimate of drug-likeness (QED) is 0.788. The fourth-order valence-electron chi connectivity index (χ4n) is 3.72. The second-order valence-corrected chi connectivity index (χ2v) is 7.78. The number of nitrogens with one attached hydrogen (secondary N) is 1. The third-order valence-electron chi connectivity index (χ3n) is 4.83. The zero-order valence-corrected chi connectivity index (χ0v) is 17.2. The Labute approximate surface area is 170 Å². The Bertz CT molecular complexity index is 927. The van der Waals surface area contributed by atoms with Crippen LogP contribution in [0.3, 0.4) is 0 Å². The van der Waals surface area contributed by atoms with Crippen molar-refractivity contribution >= 4 is 29.2 Å². The first-order valence-electron chi connectivity index (χ1n) is 9.64. The van der Waals surface area contributed by atoms with Gasteiger partial charge < -0.3 is 15.0 Å². The van der Waals surface area contributed by atoms with Crippen molar-refractivity contribution in [2.24, 2.45) is 5.92 Å². The lowest BCUT2D eigenvalue weighted by Gasteiger charge is -2.18. The molecule has 0 saturated carbocycles. The normalized spacial score (nSPS) is 16.1. The molecule has 1 saturated heterocycles. The second kappa shape index (κ2) is 8.47. The maximum Gasteiger partial charge on any atom is 0.311 e. The molecule has 6 nitrogen and oxygen atoms in total. The molecule has 0 aromatic heterocycles. The van der Waals surface area contributed by atoms with Crippen LogP contribution in [0, 0.1) is 33.6 Å². The average Bonchev–Trinajstić information content (AvgIpc) is 3.00. The summed E-state index contributed by atoms with van der Waals surface area (Å²) in [6, 6.07) is 11.6. The van der Waals surface area contributed by atoms with Gasteiger partial charge in [0.2, 0.25) is 5.91 Å². The molecular weight excluding hydrogens is 368 g/mol. The topological polar surface area (TPSA) is 75.7 Å². The monoisotopic (exact) mass is 394 g/mol. The Hall–Kier alpha value is -3.15. The SMILES string of the molecule is Cc1cc(C)cc(NC(=O)COC(=O)[C@@H]2CC(=O)N(c3cc(C)cc(C)c3)C2)c1. The number of benzene rings is 2. The maximum absolute atomic E-state index is 12.4. The number of ether oxygens (including phenoxy) is 1. The lowest BCUT2D eigenvalue weighted by atomic mass is 10.1. The molecule has 2 aromatic carbocycles. The van der Waals surface area contributed by atoms with Gasteiger partial charge in [-0.15, -0.1) is 0 Å². The van der Waals surface area contributed by atoms with Crippen LogP contribution in [0.1, 0.15) is 28.7 Å². The molecule has 0 spiro atoms. The van der Waals surface area contributed by atoms with E-state index in [0.29, 0.717) is 5.69 Å². The molecule has 2 amide bonds. The molecule has 0 radical (unpaired) electrons. The van der Waals surface area contributed by atoms with Crippen LogP contribution < -0.4 is 10.2 Å². The molecule has 1 aliphatic heterocycles. The summed E-state index contributed by atoms with van der Waals surface area (Å²) < 4.78 is 5.17. The molecule has 3 rings (SSSR count). The minimum atomic E-state index is -0.572. The molecule has 2 aromatic rings.